The van der Waals surface area contributed by atoms with Crippen LogP contribution in [0.3, 0.4) is 0 Å². The first-order chi connectivity index (χ1) is 16.9. The number of pyridine rings is 1. The Balaban J connectivity index is 1.52. The molecule has 1 aliphatic heterocycles. The summed E-state index contributed by atoms with van der Waals surface area (Å²) in [5, 5.41) is 22.4. The minimum absolute atomic E-state index is 0.0509. The monoisotopic (exact) mass is 482 g/mol. The molecule has 0 atom stereocenters. The fourth-order valence-electron chi connectivity index (χ4n) is 4.38. The Hall–Kier alpha value is -3.92. The lowest BCUT2D eigenvalue weighted by molar-refractivity contribution is 0.0695. The van der Waals surface area contributed by atoms with Crippen LogP contribution in [0.1, 0.15) is 22.8 Å². The van der Waals surface area contributed by atoms with E-state index in [2.05, 4.69) is 10.1 Å². The smallest absolute Gasteiger partial charge is 0.341 e. The topological polar surface area (TPSA) is 108 Å². The van der Waals surface area contributed by atoms with Crippen molar-refractivity contribution >= 4 is 28.3 Å². The predicted molar refractivity (Wildman–Crippen MR) is 131 cm³/mol. The van der Waals surface area contributed by atoms with Gasteiger partial charge in [0.2, 0.25) is 5.43 Å². The van der Waals surface area contributed by atoms with Crippen molar-refractivity contribution in [1.29, 1.82) is 0 Å². The Morgan fingerprint density at radius 1 is 1.14 bits per heavy atom. The van der Waals surface area contributed by atoms with Crippen LogP contribution in [0.2, 0.25) is 0 Å². The third-order valence-corrected chi connectivity index (χ3v) is 6.35. The number of carboxylic acids is 1. The van der Waals surface area contributed by atoms with Gasteiger partial charge in [-0.05, 0) is 43.3 Å². The van der Waals surface area contributed by atoms with E-state index in [1.54, 1.807) is 29.9 Å². The number of rotatable bonds is 7. The average Bonchev–Trinajstić information content (AvgIpc) is 2.88. The van der Waals surface area contributed by atoms with Crippen LogP contribution < -0.4 is 15.1 Å². The molecule has 9 nitrogen and oxygen atoms in total. The van der Waals surface area contributed by atoms with Gasteiger partial charge >= 0.3 is 5.97 Å². The minimum atomic E-state index is -1.33. The first kappa shape index (κ1) is 24.2. The number of carboxylic acid groups (broad SMARTS) is 1. The maximum Gasteiger partial charge on any atom is 0.341 e. The van der Waals surface area contributed by atoms with Crippen molar-refractivity contribution in [2.45, 2.75) is 13.5 Å². The maximum atomic E-state index is 15.1. The summed E-state index contributed by atoms with van der Waals surface area (Å²) in [7, 11) is 1.59. The highest BCUT2D eigenvalue weighted by molar-refractivity contribution is 6.01. The van der Waals surface area contributed by atoms with Crippen molar-refractivity contribution in [2.75, 3.05) is 44.7 Å². The molecule has 10 heteroatoms. The quantitative estimate of drug-likeness (QED) is 0.303. The van der Waals surface area contributed by atoms with Gasteiger partial charge in [-0.1, -0.05) is 5.16 Å². The van der Waals surface area contributed by atoms with E-state index in [1.165, 1.54) is 6.20 Å². The summed E-state index contributed by atoms with van der Waals surface area (Å²) in [4.78, 5) is 28.0. The lowest BCUT2D eigenvalue weighted by Crippen LogP contribution is -2.48. The fourth-order valence-corrected chi connectivity index (χ4v) is 4.38. The second-order valence-corrected chi connectivity index (χ2v) is 8.32. The van der Waals surface area contributed by atoms with Crippen LogP contribution in [-0.2, 0) is 6.54 Å². The summed E-state index contributed by atoms with van der Waals surface area (Å²) < 4.78 is 21.9. The van der Waals surface area contributed by atoms with Gasteiger partial charge in [0.15, 0.2) is 0 Å². The van der Waals surface area contributed by atoms with E-state index in [1.807, 2.05) is 24.0 Å². The number of halogens is 1. The number of aromatic carboxylic acids is 1. The molecule has 0 amide bonds. The van der Waals surface area contributed by atoms with E-state index in [-0.39, 0.29) is 10.9 Å². The van der Waals surface area contributed by atoms with Gasteiger partial charge in [-0.3, -0.25) is 9.69 Å². The molecular weight excluding hydrogens is 455 g/mol. The second kappa shape index (κ2) is 10.1. The summed E-state index contributed by atoms with van der Waals surface area (Å²) in [5.74, 6) is -1.19. The highest BCUT2D eigenvalue weighted by Crippen LogP contribution is 2.26. The normalized spacial score (nSPS) is 14.9. The van der Waals surface area contributed by atoms with E-state index in [4.69, 9.17) is 4.74 Å². The van der Waals surface area contributed by atoms with E-state index >= 15 is 4.39 Å². The molecule has 1 aromatic heterocycles. The zero-order chi connectivity index (χ0) is 25.1. The molecule has 35 heavy (non-hydrogen) atoms. The molecule has 0 spiro atoms. The summed E-state index contributed by atoms with van der Waals surface area (Å²) in [6.45, 7) is 5.01. The van der Waals surface area contributed by atoms with E-state index in [0.717, 1.165) is 11.6 Å². The minimum Gasteiger partial charge on any atom is -0.497 e. The van der Waals surface area contributed by atoms with Gasteiger partial charge in [-0.2, -0.15) is 0 Å². The van der Waals surface area contributed by atoms with Crippen LogP contribution in [0.5, 0.6) is 5.75 Å². The van der Waals surface area contributed by atoms with E-state index in [0.29, 0.717) is 61.9 Å². The standard InChI is InChI=1S/C25H27FN4O5/c1-3-29-14-19(25(32)33)24(31)18-12-20(26)23(13-22(18)29)30-10-8-28(9-11-30)15-21(27-34)16-4-6-17(35-2)7-5-16/h4-7,12-14,34H,3,8-11,15H2,1-2H3,(H,32,33)/b27-21-. The molecule has 4 rings (SSSR count). The molecule has 0 unspecified atom stereocenters. The van der Waals surface area contributed by atoms with Crippen LogP contribution in [0.25, 0.3) is 10.9 Å². The molecule has 1 fully saturated rings. The Morgan fingerprint density at radius 3 is 2.40 bits per heavy atom. The van der Waals surface area contributed by atoms with Crippen molar-refractivity contribution < 1.29 is 24.2 Å². The van der Waals surface area contributed by atoms with Gasteiger partial charge < -0.3 is 24.5 Å². The highest BCUT2D eigenvalue weighted by Gasteiger charge is 2.23. The number of piperazine rings is 1. The molecule has 184 valence electrons. The lowest BCUT2D eigenvalue weighted by Gasteiger charge is -2.36. The van der Waals surface area contributed by atoms with Crippen LogP contribution in [0.4, 0.5) is 10.1 Å². The number of hydrogen-bond acceptors (Lipinski definition) is 7. The molecule has 2 aromatic carbocycles. The van der Waals surface area contributed by atoms with Gasteiger partial charge in [0.25, 0.3) is 0 Å². The molecule has 0 radical (unpaired) electrons. The number of oxime groups is 1. The van der Waals surface area contributed by atoms with Crippen LogP contribution in [0, 0.1) is 5.82 Å². The van der Waals surface area contributed by atoms with Crippen LogP contribution in [-0.4, -0.2) is 71.3 Å². The van der Waals surface area contributed by atoms with Gasteiger partial charge in [-0.25, -0.2) is 9.18 Å². The lowest BCUT2D eigenvalue weighted by atomic mass is 10.1. The van der Waals surface area contributed by atoms with Gasteiger partial charge in [-0.15, -0.1) is 0 Å². The van der Waals surface area contributed by atoms with Crippen molar-refractivity contribution in [3.8, 4) is 5.75 Å². The molecule has 0 bridgehead atoms. The molecule has 3 aromatic rings. The first-order valence-electron chi connectivity index (χ1n) is 11.3. The van der Waals surface area contributed by atoms with Gasteiger partial charge in [0.1, 0.15) is 22.8 Å². The molecule has 1 saturated heterocycles. The Bertz CT molecular complexity index is 1330. The van der Waals surface area contributed by atoms with Crippen molar-refractivity contribution in [2.24, 2.45) is 5.16 Å². The molecule has 2 heterocycles. The van der Waals surface area contributed by atoms with Crippen LogP contribution in [0.15, 0.2) is 52.5 Å². The molecule has 0 saturated carbocycles. The van der Waals surface area contributed by atoms with Crippen LogP contribution >= 0.6 is 0 Å². The zero-order valence-electron chi connectivity index (χ0n) is 19.6. The zero-order valence-corrected chi connectivity index (χ0v) is 19.6. The Kier molecular flexibility index (Phi) is 7.02. The largest absolute Gasteiger partial charge is 0.497 e. The number of anilines is 1. The molecule has 2 N–H and O–H groups in total. The summed E-state index contributed by atoms with van der Waals surface area (Å²) in [5.41, 5.74) is 1.11. The third-order valence-electron chi connectivity index (χ3n) is 6.35. The summed E-state index contributed by atoms with van der Waals surface area (Å²) in [6.07, 6.45) is 1.31. The maximum absolute atomic E-state index is 15.1. The number of hydrogen-bond donors (Lipinski definition) is 2. The molecular formula is C25H27FN4O5. The number of ether oxygens (including phenoxy) is 1. The van der Waals surface area contributed by atoms with Crippen molar-refractivity contribution in [3.05, 3.63) is 69.8 Å². The molecule has 0 aliphatic carbocycles. The Labute approximate surface area is 201 Å². The number of aryl methyl sites for hydroxylation is 1. The number of benzene rings is 2. The molecule has 1 aliphatic rings. The fraction of sp³-hybridized carbons (Fsp3) is 0.320. The second-order valence-electron chi connectivity index (χ2n) is 8.32. The summed E-state index contributed by atoms with van der Waals surface area (Å²) >= 11 is 0. The third kappa shape index (κ3) is 4.83. The summed E-state index contributed by atoms with van der Waals surface area (Å²) in [6, 6.07) is 10.0. The first-order valence-corrected chi connectivity index (χ1v) is 11.3. The van der Waals surface area contributed by atoms with Crippen molar-refractivity contribution in [3.63, 3.8) is 0 Å². The Morgan fingerprint density at radius 2 is 1.83 bits per heavy atom. The number of fused-ring (bicyclic) bond motifs is 1. The highest BCUT2D eigenvalue weighted by atomic mass is 19.1. The average molecular weight is 483 g/mol. The number of nitrogens with zero attached hydrogens (tertiary/aromatic N) is 4. The number of aromatic nitrogens is 1. The van der Waals surface area contributed by atoms with E-state index in [9.17, 15) is 19.9 Å². The van der Waals surface area contributed by atoms with Gasteiger partial charge in [0, 0.05) is 56.4 Å². The van der Waals surface area contributed by atoms with Gasteiger partial charge in [0.05, 0.1) is 18.3 Å². The van der Waals surface area contributed by atoms with Crippen molar-refractivity contribution in [1.82, 2.24) is 9.47 Å². The SMILES string of the molecule is CCn1cc(C(=O)O)c(=O)c2cc(F)c(N3CCN(C/C(=N/O)c4ccc(OC)cc4)CC3)cc21. The number of methoxy groups -OCH3 is 1. The predicted octanol–water partition coefficient (Wildman–Crippen LogP) is 2.87. The van der Waals surface area contributed by atoms with E-state index < -0.39 is 17.2 Å². The number of carbonyl (C=O) groups is 1.